The predicted octanol–water partition coefficient (Wildman–Crippen LogP) is 5.15. The maximum atomic E-state index is 11.9. The van der Waals surface area contributed by atoms with Gasteiger partial charge in [-0.25, -0.2) is 0 Å². The minimum absolute atomic E-state index is 0.0946. The Morgan fingerprint density at radius 2 is 1.52 bits per heavy atom. The number of hydrogen-bond acceptors (Lipinski definition) is 3. The van der Waals surface area contributed by atoms with Gasteiger partial charge in [-0.2, -0.15) is 0 Å². The third kappa shape index (κ3) is 5.26. The van der Waals surface area contributed by atoms with Crippen molar-refractivity contribution in [2.45, 2.75) is 0 Å². The summed E-state index contributed by atoms with van der Waals surface area (Å²) < 4.78 is 11.1. The topological polar surface area (TPSA) is 47.6 Å². The lowest BCUT2D eigenvalue weighted by molar-refractivity contribution is -0.118. The second-order valence-corrected chi connectivity index (χ2v) is 5.67. The molecule has 0 radical (unpaired) electrons. The van der Waals surface area contributed by atoms with Crippen molar-refractivity contribution in [1.82, 2.24) is 0 Å². The fourth-order valence-corrected chi connectivity index (χ4v) is 2.31. The van der Waals surface area contributed by atoms with Crippen molar-refractivity contribution in [3.05, 3.63) is 83.9 Å². The van der Waals surface area contributed by atoms with Gasteiger partial charge in [0, 0.05) is 10.7 Å². The molecule has 126 valence electrons. The van der Waals surface area contributed by atoms with E-state index in [0.29, 0.717) is 22.2 Å². The average Bonchev–Trinajstić information content (AvgIpc) is 2.63. The summed E-state index contributed by atoms with van der Waals surface area (Å²) in [5.74, 6) is 1.75. The molecule has 1 N–H and O–H groups in total. The van der Waals surface area contributed by atoms with Crippen LogP contribution in [0.5, 0.6) is 17.2 Å². The molecule has 0 saturated carbocycles. The number of anilines is 1. The van der Waals surface area contributed by atoms with Crippen molar-refractivity contribution in [2.75, 3.05) is 11.9 Å². The van der Waals surface area contributed by atoms with E-state index in [4.69, 9.17) is 21.1 Å². The predicted molar refractivity (Wildman–Crippen MR) is 98.5 cm³/mol. The SMILES string of the molecule is O=C(COc1cccc(Cl)c1)Nc1ccc(Oc2ccccc2)cc1. The van der Waals surface area contributed by atoms with Crippen LogP contribution in [0.3, 0.4) is 0 Å². The van der Waals surface area contributed by atoms with Gasteiger partial charge >= 0.3 is 0 Å². The van der Waals surface area contributed by atoms with Crippen LogP contribution in [0.25, 0.3) is 0 Å². The molecule has 3 aromatic carbocycles. The van der Waals surface area contributed by atoms with Gasteiger partial charge in [-0.1, -0.05) is 35.9 Å². The second-order valence-electron chi connectivity index (χ2n) is 5.23. The standard InChI is InChI=1S/C20H16ClNO3/c21-15-5-4-8-19(13-15)24-14-20(23)22-16-9-11-18(12-10-16)25-17-6-2-1-3-7-17/h1-13H,14H2,(H,22,23). The van der Waals surface area contributed by atoms with Crippen LogP contribution in [0, 0.1) is 0 Å². The van der Waals surface area contributed by atoms with E-state index in [1.165, 1.54) is 0 Å². The van der Waals surface area contributed by atoms with Crippen molar-refractivity contribution < 1.29 is 14.3 Å². The van der Waals surface area contributed by atoms with E-state index < -0.39 is 0 Å². The van der Waals surface area contributed by atoms with Crippen LogP contribution < -0.4 is 14.8 Å². The van der Waals surface area contributed by atoms with E-state index in [0.717, 1.165) is 5.75 Å². The van der Waals surface area contributed by atoms with Crippen LogP contribution >= 0.6 is 11.6 Å². The number of nitrogens with one attached hydrogen (secondary N) is 1. The molecule has 4 nitrogen and oxygen atoms in total. The van der Waals surface area contributed by atoms with Gasteiger partial charge in [-0.15, -0.1) is 0 Å². The zero-order valence-corrected chi connectivity index (χ0v) is 14.1. The molecule has 0 spiro atoms. The third-order valence-electron chi connectivity index (χ3n) is 3.28. The second kappa shape index (κ2) is 8.22. The molecule has 0 aromatic heterocycles. The molecule has 25 heavy (non-hydrogen) atoms. The monoisotopic (exact) mass is 353 g/mol. The zero-order valence-electron chi connectivity index (χ0n) is 13.3. The Kier molecular flexibility index (Phi) is 5.54. The highest BCUT2D eigenvalue weighted by atomic mass is 35.5. The summed E-state index contributed by atoms with van der Waals surface area (Å²) in [5, 5.41) is 3.33. The molecule has 0 unspecified atom stereocenters. The Morgan fingerprint density at radius 3 is 2.24 bits per heavy atom. The quantitative estimate of drug-likeness (QED) is 0.666. The van der Waals surface area contributed by atoms with E-state index in [2.05, 4.69) is 5.32 Å². The van der Waals surface area contributed by atoms with Gasteiger partial charge in [0.2, 0.25) is 0 Å². The number of amides is 1. The number of carbonyl (C=O) groups excluding carboxylic acids is 1. The molecule has 0 aliphatic carbocycles. The van der Waals surface area contributed by atoms with Crippen molar-refractivity contribution in [3.63, 3.8) is 0 Å². The highest BCUT2D eigenvalue weighted by Crippen LogP contribution is 2.22. The lowest BCUT2D eigenvalue weighted by Gasteiger charge is -2.09. The molecule has 3 aromatic rings. The molecule has 0 aliphatic rings. The minimum Gasteiger partial charge on any atom is -0.484 e. The number of halogens is 1. The Morgan fingerprint density at radius 1 is 0.840 bits per heavy atom. The summed E-state index contributed by atoms with van der Waals surface area (Å²) in [7, 11) is 0. The molecule has 5 heteroatoms. The number of hydrogen-bond donors (Lipinski definition) is 1. The molecular formula is C20H16ClNO3. The molecule has 0 fully saturated rings. The first-order chi connectivity index (χ1) is 12.2. The Balaban J connectivity index is 1.51. The maximum absolute atomic E-state index is 11.9. The van der Waals surface area contributed by atoms with E-state index in [-0.39, 0.29) is 12.5 Å². The van der Waals surface area contributed by atoms with Crippen LogP contribution in [-0.4, -0.2) is 12.5 Å². The number of rotatable bonds is 6. The molecule has 1 amide bonds. The van der Waals surface area contributed by atoms with Gasteiger partial charge in [0.25, 0.3) is 5.91 Å². The van der Waals surface area contributed by atoms with E-state index in [1.807, 2.05) is 30.3 Å². The number of para-hydroxylation sites is 1. The lowest BCUT2D eigenvalue weighted by Crippen LogP contribution is -2.20. The van der Waals surface area contributed by atoms with Crippen LogP contribution in [0.15, 0.2) is 78.9 Å². The zero-order chi connectivity index (χ0) is 17.5. The highest BCUT2D eigenvalue weighted by molar-refractivity contribution is 6.30. The largest absolute Gasteiger partial charge is 0.484 e. The van der Waals surface area contributed by atoms with Gasteiger partial charge in [-0.3, -0.25) is 4.79 Å². The van der Waals surface area contributed by atoms with Crippen molar-refractivity contribution in [1.29, 1.82) is 0 Å². The highest BCUT2D eigenvalue weighted by Gasteiger charge is 2.05. The Hall–Kier alpha value is -2.98. The van der Waals surface area contributed by atoms with Gasteiger partial charge < -0.3 is 14.8 Å². The van der Waals surface area contributed by atoms with Gasteiger partial charge in [0.05, 0.1) is 0 Å². The third-order valence-corrected chi connectivity index (χ3v) is 3.52. The summed E-state index contributed by atoms with van der Waals surface area (Å²) in [4.78, 5) is 11.9. The smallest absolute Gasteiger partial charge is 0.262 e. The minimum atomic E-state index is -0.253. The normalized spacial score (nSPS) is 10.1. The molecule has 0 saturated heterocycles. The van der Waals surface area contributed by atoms with Crippen molar-refractivity contribution >= 4 is 23.2 Å². The molecule has 0 bridgehead atoms. The fraction of sp³-hybridized carbons (Fsp3) is 0.0500. The summed E-state index contributed by atoms with van der Waals surface area (Å²) in [6, 6.07) is 23.5. The number of carbonyl (C=O) groups is 1. The molecule has 0 heterocycles. The number of benzene rings is 3. The van der Waals surface area contributed by atoms with Gasteiger partial charge in [-0.05, 0) is 54.6 Å². The van der Waals surface area contributed by atoms with Crippen LogP contribution in [0.4, 0.5) is 5.69 Å². The van der Waals surface area contributed by atoms with E-state index >= 15 is 0 Å². The maximum Gasteiger partial charge on any atom is 0.262 e. The fourth-order valence-electron chi connectivity index (χ4n) is 2.13. The number of ether oxygens (including phenoxy) is 2. The average molecular weight is 354 g/mol. The first-order valence-electron chi connectivity index (χ1n) is 7.70. The van der Waals surface area contributed by atoms with Gasteiger partial charge in [0.1, 0.15) is 17.2 Å². The first-order valence-corrected chi connectivity index (χ1v) is 8.08. The lowest BCUT2D eigenvalue weighted by atomic mass is 10.3. The summed E-state index contributed by atoms with van der Waals surface area (Å²) in [5.41, 5.74) is 0.667. The van der Waals surface area contributed by atoms with E-state index in [9.17, 15) is 4.79 Å². The van der Waals surface area contributed by atoms with E-state index in [1.54, 1.807) is 48.5 Å². The summed E-state index contributed by atoms with van der Waals surface area (Å²) >= 11 is 5.87. The van der Waals surface area contributed by atoms with Crippen molar-refractivity contribution in [2.24, 2.45) is 0 Å². The molecule has 0 aliphatic heterocycles. The van der Waals surface area contributed by atoms with Crippen LogP contribution in [-0.2, 0) is 4.79 Å². The Labute approximate surface area is 151 Å². The van der Waals surface area contributed by atoms with Crippen LogP contribution in [0.2, 0.25) is 5.02 Å². The van der Waals surface area contributed by atoms with Gasteiger partial charge in [0.15, 0.2) is 6.61 Å². The molecular weight excluding hydrogens is 338 g/mol. The molecule has 3 rings (SSSR count). The Bertz CT molecular complexity index is 835. The molecule has 0 atom stereocenters. The van der Waals surface area contributed by atoms with Crippen molar-refractivity contribution in [3.8, 4) is 17.2 Å². The van der Waals surface area contributed by atoms with Crippen LogP contribution in [0.1, 0.15) is 0 Å². The first kappa shape index (κ1) is 16.9. The summed E-state index contributed by atoms with van der Waals surface area (Å²) in [6.07, 6.45) is 0. The summed E-state index contributed by atoms with van der Waals surface area (Å²) in [6.45, 7) is -0.0946.